The van der Waals surface area contributed by atoms with Crippen molar-refractivity contribution in [3.05, 3.63) is 52.6 Å². The summed E-state index contributed by atoms with van der Waals surface area (Å²) in [7, 11) is 0. The van der Waals surface area contributed by atoms with Gasteiger partial charge in [0, 0.05) is 16.8 Å². The highest BCUT2D eigenvalue weighted by Crippen LogP contribution is 2.64. The third-order valence-corrected chi connectivity index (χ3v) is 6.56. The van der Waals surface area contributed by atoms with E-state index in [1.54, 1.807) is 6.92 Å². The highest BCUT2D eigenvalue weighted by molar-refractivity contribution is 5.95. The summed E-state index contributed by atoms with van der Waals surface area (Å²) in [4.78, 5) is 11.8. The second-order valence-corrected chi connectivity index (χ2v) is 7.72. The average Bonchev–Trinajstić information content (AvgIpc) is 3.25. The molecular weight excluding hydrogens is 314 g/mol. The van der Waals surface area contributed by atoms with Crippen molar-refractivity contribution >= 4 is 11.5 Å². The highest BCUT2D eigenvalue weighted by atomic mass is 16.7. The first kappa shape index (κ1) is 13.8. The number of Topliss-reactive ketones (excluding diaryl/α,β-unsaturated/α-hetero) is 1. The molecular formula is C21H19NO3. The number of benzene rings is 2. The van der Waals surface area contributed by atoms with Crippen LogP contribution in [0.1, 0.15) is 64.7 Å². The van der Waals surface area contributed by atoms with Gasteiger partial charge in [-0.05, 0) is 72.9 Å². The van der Waals surface area contributed by atoms with E-state index in [9.17, 15) is 4.79 Å². The van der Waals surface area contributed by atoms with E-state index in [4.69, 9.17) is 9.47 Å². The first-order valence-electron chi connectivity index (χ1n) is 9.04. The van der Waals surface area contributed by atoms with Crippen molar-refractivity contribution in [2.24, 2.45) is 5.92 Å². The van der Waals surface area contributed by atoms with Crippen LogP contribution in [0.2, 0.25) is 0 Å². The van der Waals surface area contributed by atoms with Crippen molar-refractivity contribution in [1.82, 2.24) is 0 Å². The van der Waals surface area contributed by atoms with Crippen LogP contribution in [0, 0.1) is 5.92 Å². The topological polar surface area (TPSA) is 47.6 Å². The minimum absolute atomic E-state index is 0.137. The van der Waals surface area contributed by atoms with Crippen LogP contribution in [0.15, 0.2) is 30.3 Å². The van der Waals surface area contributed by atoms with Crippen molar-refractivity contribution in [3.63, 3.8) is 0 Å². The number of rotatable bonds is 1. The molecule has 2 bridgehead atoms. The van der Waals surface area contributed by atoms with Gasteiger partial charge in [0.25, 0.3) is 0 Å². The number of hydrogen-bond acceptors (Lipinski definition) is 4. The largest absolute Gasteiger partial charge is 0.454 e. The minimum Gasteiger partial charge on any atom is -0.454 e. The lowest BCUT2D eigenvalue weighted by molar-refractivity contribution is 0.101. The van der Waals surface area contributed by atoms with Crippen LogP contribution in [0.25, 0.3) is 0 Å². The molecule has 2 heterocycles. The summed E-state index contributed by atoms with van der Waals surface area (Å²) in [6, 6.07) is 10.7. The molecule has 1 N–H and O–H groups in total. The van der Waals surface area contributed by atoms with Crippen molar-refractivity contribution in [3.8, 4) is 11.5 Å². The van der Waals surface area contributed by atoms with Crippen LogP contribution in [0.3, 0.4) is 0 Å². The summed E-state index contributed by atoms with van der Waals surface area (Å²) in [5.41, 5.74) is 6.04. The van der Waals surface area contributed by atoms with Crippen LogP contribution in [-0.2, 0) is 0 Å². The highest BCUT2D eigenvalue weighted by Gasteiger charge is 2.51. The lowest BCUT2D eigenvalue weighted by atomic mass is 9.74. The number of hydrogen-bond donors (Lipinski definition) is 1. The molecule has 2 aromatic carbocycles. The number of nitrogens with one attached hydrogen (secondary N) is 1. The van der Waals surface area contributed by atoms with Gasteiger partial charge in [0.15, 0.2) is 17.3 Å². The monoisotopic (exact) mass is 333 g/mol. The van der Waals surface area contributed by atoms with E-state index in [1.807, 2.05) is 6.07 Å². The molecule has 4 heteroatoms. The maximum Gasteiger partial charge on any atom is 0.231 e. The molecule has 1 saturated carbocycles. The van der Waals surface area contributed by atoms with Crippen LogP contribution in [0.4, 0.5) is 5.69 Å². The maximum atomic E-state index is 11.8. The third-order valence-electron chi connectivity index (χ3n) is 6.56. The number of anilines is 1. The van der Waals surface area contributed by atoms with Crippen molar-refractivity contribution in [2.75, 3.05) is 12.1 Å². The fourth-order valence-corrected chi connectivity index (χ4v) is 5.54. The molecule has 0 spiro atoms. The molecule has 1 fully saturated rings. The molecule has 4 atom stereocenters. The summed E-state index contributed by atoms with van der Waals surface area (Å²) < 4.78 is 11.4. The van der Waals surface area contributed by atoms with E-state index in [0.717, 1.165) is 23.5 Å². The first-order chi connectivity index (χ1) is 12.2. The summed E-state index contributed by atoms with van der Waals surface area (Å²) in [5, 5.41) is 3.76. The van der Waals surface area contributed by atoms with Gasteiger partial charge in [0.1, 0.15) is 0 Å². The predicted molar refractivity (Wildman–Crippen MR) is 93.6 cm³/mol. The normalized spacial score (nSPS) is 29.6. The van der Waals surface area contributed by atoms with Gasteiger partial charge >= 0.3 is 0 Å². The Morgan fingerprint density at radius 1 is 1.12 bits per heavy atom. The van der Waals surface area contributed by atoms with E-state index < -0.39 is 0 Å². The standard InChI is InChI=1S/C21H19NO3/c1-10(23)11-2-4-17-15(6-11)14-7-12-8-16(14)20(22-17)13-3-5-18-21(19(12)13)25-9-24-18/h2-6,12,14,16,20,22H,7-9H2,1H3. The number of ether oxygens (including phenoxy) is 2. The molecule has 4 nitrogen and oxygen atoms in total. The zero-order valence-corrected chi connectivity index (χ0v) is 14.0. The van der Waals surface area contributed by atoms with E-state index in [2.05, 4.69) is 29.6 Å². The van der Waals surface area contributed by atoms with Gasteiger partial charge < -0.3 is 14.8 Å². The molecule has 126 valence electrons. The number of ketones is 1. The van der Waals surface area contributed by atoms with Crippen LogP contribution in [0.5, 0.6) is 11.5 Å². The van der Waals surface area contributed by atoms with Gasteiger partial charge in [-0.3, -0.25) is 4.79 Å². The number of carbonyl (C=O) groups excluding carboxylic acids is 1. The molecule has 25 heavy (non-hydrogen) atoms. The molecule has 2 aromatic rings. The molecule has 0 saturated heterocycles. The van der Waals surface area contributed by atoms with Gasteiger partial charge in [-0.15, -0.1) is 0 Å². The Morgan fingerprint density at radius 3 is 2.92 bits per heavy atom. The Balaban J connectivity index is 1.52. The van der Waals surface area contributed by atoms with Gasteiger partial charge in [0.2, 0.25) is 6.79 Å². The smallest absolute Gasteiger partial charge is 0.231 e. The van der Waals surface area contributed by atoms with Gasteiger partial charge in [-0.1, -0.05) is 6.07 Å². The lowest BCUT2D eigenvalue weighted by Crippen LogP contribution is -2.31. The molecule has 2 aliphatic carbocycles. The zero-order chi connectivity index (χ0) is 16.7. The third kappa shape index (κ3) is 1.69. The van der Waals surface area contributed by atoms with E-state index in [1.165, 1.54) is 28.8 Å². The van der Waals surface area contributed by atoms with Gasteiger partial charge in [-0.25, -0.2) is 0 Å². The number of carbonyl (C=O) groups is 1. The molecule has 0 aromatic heterocycles. The summed E-state index contributed by atoms with van der Waals surface area (Å²) >= 11 is 0. The molecule has 4 unspecified atom stereocenters. The maximum absolute atomic E-state index is 11.8. The fraction of sp³-hybridized carbons (Fsp3) is 0.381. The van der Waals surface area contributed by atoms with Crippen molar-refractivity contribution in [2.45, 2.75) is 37.6 Å². The SMILES string of the molecule is CC(=O)c1ccc2c(c1)C1CC3CC1C(N2)c1ccc2c(c13)OCO2. The molecule has 4 aliphatic rings. The Bertz CT molecular complexity index is 935. The summed E-state index contributed by atoms with van der Waals surface area (Å²) in [6.45, 7) is 1.97. The fourth-order valence-electron chi connectivity index (χ4n) is 5.54. The Morgan fingerprint density at radius 2 is 2.04 bits per heavy atom. The average molecular weight is 333 g/mol. The van der Waals surface area contributed by atoms with Gasteiger partial charge in [-0.2, -0.15) is 0 Å². The second kappa shape index (κ2) is 4.57. The Kier molecular flexibility index (Phi) is 2.51. The molecule has 0 amide bonds. The van der Waals surface area contributed by atoms with Crippen LogP contribution >= 0.6 is 0 Å². The van der Waals surface area contributed by atoms with Crippen molar-refractivity contribution < 1.29 is 14.3 Å². The molecule has 2 aliphatic heterocycles. The minimum atomic E-state index is 0.137. The van der Waals surface area contributed by atoms with Crippen LogP contribution < -0.4 is 14.8 Å². The number of fused-ring (bicyclic) bond motifs is 8. The first-order valence-corrected chi connectivity index (χ1v) is 9.04. The Hall–Kier alpha value is -2.49. The van der Waals surface area contributed by atoms with E-state index in [-0.39, 0.29) is 5.78 Å². The summed E-state index contributed by atoms with van der Waals surface area (Å²) in [6.07, 6.45) is 2.31. The van der Waals surface area contributed by atoms with E-state index in [0.29, 0.717) is 30.6 Å². The predicted octanol–water partition coefficient (Wildman–Crippen LogP) is 4.38. The molecule has 0 radical (unpaired) electrons. The van der Waals surface area contributed by atoms with E-state index >= 15 is 0 Å². The van der Waals surface area contributed by atoms with Crippen LogP contribution in [-0.4, -0.2) is 12.6 Å². The quantitative estimate of drug-likeness (QED) is 0.787. The van der Waals surface area contributed by atoms with Crippen molar-refractivity contribution in [1.29, 1.82) is 0 Å². The molecule has 6 rings (SSSR count). The Labute approximate surface area is 146 Å². The zero-order valence-electron chi connectivity index (χ0n) is 14.0. The second-order valence-electron chi connectivity index (χ2n) is 7.72. The summed E-state index contributed by atoms with van der Waals surface area (Å²) in [5.74, 6) is 3.60. The lowest BCUT2D eigenvalue weighted by Gasteiger charge is -2.39. The van der Waals surface area contributed by atoms with Gasteiger partial charge in [0.05, 0.1) is 6.04 Å².